The number of carbonyl (C=O) groups excluding carboxylic acids is 1. The first kappa shape index (κ1) is 15.1. The molecule has 0 radical (unpaired) electrons. The summed E-state index contributed by atoms with van der Waals surface area (Å²) >= 11 is 3.50. The summed E-state index contributed by atoms with van der Waals surface area (Å²) in [4.78, 5) is 12.7. The second-order valence-corrected chi connectivity index (χ2v) is 8.66. The normalized spacial score (nSPS) is 33.2. The first-order chi connectivity index (χ1) is 9.74. The molecule has 2 aliphatic carbocycles. The van der Waals surface area contributed by atoms with E-state index in [4.69, 9.17) is 0 Å². The van der Waals surface area contributed by atoms with E-state index in [-0.39, 0.29) is 22.8 Å². The first-order valence-electron chi connectivity index (χ1n) is 7.81. The van der Waals surface area contributed by atoms with Crippen LogP contribution in [0.4, 0.5) is 0 Å². The molecule has 2 saturated carbocycles. The Bertz CT molecular complexity index is 590. The fourth-order valence-corrected chi connectivity index (χ4v) is 5.11. The molecule has 21 heavy (non-hydrogen) atoms. The van der Waals surface area contributed by atoms with Crippen LogP contribution in [0.1, 0.15) is 56.0 Å². The molecule has 1 aromatic rings. The molecule has 3 heteroatoms. The molecule has 2 nitrogen and oxygen atoms in total. The minimum atomic E-state index is 0.0532. The SMILES string of the molecule is Cc1ccc(Br)c(C(=O)NC2C3(C)CCC(C3)C2(C)C)c1. The predicted octanol–water partition coefficient (Wildman–Crippen LogP) is 4.70. The number of hydrogen-bond donors (Lipinski definition) is 1. The largest absolute Gasteiger partial charge is 0.348 e. The number of amides is 1. The van der Waals surface area contributed by atoms with Crippen molar-refractivity contribution in [2.45, 2.75) is 53.0 Å². The summed E-state index contributed by atoms with van der Waals surface area (Å²) in [5.74, 6) is 0.797. The zero-order chi connectivity index (χ0) is 15.4. The predicted molar refractivity (Wildman–Crippen MR) is 89.4 cm³/mol. The Balaban J connectivity index is 1.86. The molecule has 3 unspecified atom stereocenters. The van der Waals surface area contributed by atoms with Crippen molar-refractivity contribution in [3.8, 4) is 0 Å². The number of carbonyl (C=O) groups is 1. The van der Waals surface area contributed by atoms with E-state index in [1.54, 1.807) is 0 Å². The Labute approximate surface area is 135 Å². The van der Waals surface area contributed by atoms with E-state index >= 15 is 0 Å². The highest BCUT2D eigenvalue weighted by Gasteiger charge is 2.59. The van der Waals surface area contributed by atoms with Crippen LogP contribution < -0.4 is 5.32 Å². The topological polar surface area (TPSA) is 29.1 Å². The monoisotopic (exact) mass is 349 g/mol. The van der Waals surface area contributed by atoms with Gasteiger partial charge in [0, 0.05) is 10.5 Å². The van der Waals surface area contributed by atoms with Crippen LogP contribution in [-0.4, -0.2) is 11.9 Å². The number of rotatable bonds is 2. The summed E-state index contributed by atoms with van der Waals surface area (Å²) < 4.78 is 0.872. The molecule has 114 valence electrons. The number of fused-ring (bicyclic) bond motifs is 2. The molecule has 1 N–H and O–H groups in total. The highest BCUT2D eigenvalue weighted by atomic mass is 79.9. The van der Waals surface area contributed by atoms with Crippen molar-refractivity contribution < 1.29 is 4.79 Å². The zero-order valence-corrected chi connectivity index (χ0v) is 14.9. The van der Waals surface area contributed by atoms with E-state index in [1.165, 1.54) is 19.3 Å². The summed E-state index contributed by atoms with van der Waals surface area (Å²) in [6, 6.07) is 6.20. The maximum absolute atomic E-state index is 12.7. The van der Waals surface area contributed by atoms with Gasteiger partial charge in [0.25, 0.3) is 5.91 Å². The molecule has 0 spiro atoms. The van der Waals surface area contributed by atoms with Gasteiger partial charge in [-0.05, 0) is 71.0 Å². The van der Waals surface area contributed by atoms with Crippen LogP contribution in [0.2, 0.25) is 0 Å². The Morgan fingerprint density at radius 1 is 1.33 bits per heavy atom. The molecule has 0 aromatic heterocycles. The van der Waals surface area contributed by atoms with Crippen LogP contribution in [0.3, 0.4) is 0 Å². The van der Waals surface area contributed by atoms with Gasteiger partial charge in [0.2, 0.25) is 0 Å². The van der Waals surface area contributed by atoms with Gasteiger partial charge in [0.15, 0.2) is 0 Å². The highest BCUT2D eigenvalue weighted by molar-refractivity contribution is 9.10. The van der Waals surface area contributed by atoms with Crippen LogP contribution in [0, 0.1) is 23.7 Å². The average molecular weight is 350 g/mol. The molecule has 2 aliphatic rings. The third kappa shape index (κ3) is 2.34. The van der Waals surface area contributed by atoms with E-state index in [9.17, 15) is 4.79 Å². The highest BCUT2D eigenvalue weighted by Crippen LogP contribution is 2.62. The molecule has 2 fully saturated rings. The Hall–Kier alpha value is -0.830. The minimum Gasteiger partial charge on any atom is -0.348 e. The third-order valence-electron chi connectivity index (χ3n) is 5.91. The van der Waals surface area contributed by atoms with Gasteiger partial charge in [-0.25, -0.2) is 0 Å². The summed E-state index contributed by atoms with van der Waals surface area (Å²) in [7, 11) is 0. The summed E-state index contributed by atoms with van der Waals surface area (Å²) in [5.41, 5.74) is 2.32. The van der Waals surface area contributed by atoms with Crippen LogP contribution in [0.15, 0.2) is 22.7 Å². The molecular weight excluding hydrogens is 326 g/mol. The molecule has 3 rings (SSSR count). The van der Waals surface area contributed by atoms with Gasteiger partial charge in [-0.15, -0.1) is 0 Å². The van der Waals surface area contributed by atoms with Gasteiger partial charge >= 0.3 is 0 Å². The summed E-state index contributed by atoms with van der Waals surface area (Å²) in [5, 5.41) is 3.36. The Morgan fingerprint density at radius 3 is 2.67 bits per heavy atom. The third-order valence-corrected chi connectivity index (χ3v) is 6.60. The standard InChI is InChI=1S/C18H24BrNO/c1-11-5-6-14(19)13(9-11)15(21)20-16-17(2,3)12-7-8-18(16,4)10-12/h5-6,9,12,16H,7-8,10H2,1-4H3,(H,20,21). The molecule has 1 aromatic carbocycles. The smallest absolute Gasteiger partial charge is 0.252 e. The second-order valence-electron chi connectivity index (χ2n) is 7.80. The molecule has 1 amide bonds. The summed E-state index contributed by atoms with van der Waals surface area (Å²) in [6.07, 6.45) is 3.80. The van der Waals surface area contributed by atoms with Crippen molar-refractivity contribution in [2.24, 2.45) is 16.7 Å². The lowest BCUT2D eigenvalue weighted by Crippen LogP contribution is -2.52. The van der Waals surface area contributed by atoms with Gasteiger partial charge in [-0.3, -0.25) is 4.79 Å². The van der Waals surface area contributed by atoms with Crippen LogP contribution in [0.5, 0.6) is 0 Å². The number of benzene rings is 1. The van der Waals surface area contributed by atoms with Gasteiger partial charge < -0.3 is 5.32 Å². The first-order valence-corrected chi connectivity index (χ1v) is 8.60. The molecule has 0 heterocycles. The lowest BCUT2D eigenvalue weighted by Gasteiger charge is -2.43. The van der Waals surface area contributed by atoms with Crippen molar-refractivity contribution in [3.05, 3.63) is 33.8 Å². The van der Waals surface area contributed by atoms with E-state index < -0.39 is 0 Å². The average Bonchev–Trinajstić information content (AvgIpc) is 2.88. The molecule has 0 aliphatic heterocycles. The van der Waals surface area contributed by atoms with E-state index in [0.717, 1.165) is 21.5 Å². The Morgan fingerprint density at radius 2 is 2.05 bits per heavy atom. The van der Waals surface area contributed by atoms with Gasteiger partial charge in [-0.1, -0.05) is 32.4 Å². The quantitative estimate of drug-likeness (QED) is 0.823. The second kappa shape index (κ2) is 4.84. The Kier molecular flexibility index (Phi) is 3.47. The number of nitrogens with one attached hydrogen (secondary N) is 1. The number of aryl methyl sites for hydroxylation is 1. The van der Waals surface area contributed by atoms with Crippen molar-refractivity contribution >= 4 is 21.8 Å². The van der Waals surface area contributed by atoms with Crippen molar-refractivity contribution in [1.29, 1.82) is 0 Å². The van der Waals surface area contributed by atoms with Crippen LogP contribution in [0.25, 0.3) is 0 Å². The van der Waals surface area contributed by atoms with Crippen molar-refractivity contribution in [3.63, 3.8) is 0 Å². The van der Waals surface area contributed by atoms with E-state index in [1.807, 2.05) is 25.1 Å². The minimum absolute atomic E-state index is 0.0532. The number of halogens is 1. The number of hydrogen-bond acceptors (Lipinski definition) is 1. The molecule has 0 saturated heterocycles. The fourth-order valence-electron chi connectivity index (χ4n) is 4.68. The van der Waals surface area contributed by atoms with Crippen LogP contribution >= 0.6 is 15.9 Å². The maximum Gasteiger partial charge on any atom is 0.252 e. The zero-order valence-electron chi connectivity index (χ0n) is 13.3. The van der Waals surface area contributed by atoms with Gasteiger partial charge in [-0.2, -0.15) is 0 Å². The molecule has 2 bridgehead atoms. The fraction of sp³-hybridized carbons (Fsp3) is 0.611. The lowest BCUT2D eigenvalue weighted by atomic mass is 9.68. The van der Waals surface area contributed by atoms with E-state index in [2.05, 4.69) is 42.0 Å². The maximum atomic E-state index is 12.7. The molecular formula is C18H24BrNO. The van der Waals surface area contributed by atoms with Crippen molar-refractivity contribution in [2.75, 3.05) is 0 Å². The lowest BCUT2D eigenvalue weighted by molar-refractivity contribution is 0.0737. The van der Waals surface area contributed by atoms with Gasteiger partial charge in [0.05, 0.1) is 5.56 Å². The summed E-state index contributed by atoms with van der Waals surface area (Å²) in [6.45, 7) is 9.00. The van der Waals surface area contributed by atoms with Crippen molar-refractivity contribution in [1.82, 2.24) is 5.32 Å². The van der Waals surface area contributed by atoms with Gasteiger partial charge in [0.1, 0.15) is 0 Å². The van der Waals surface area contributed by atoms with E-state index in [0.29, 0.717) is 0 Å². The van der Waals surface area contributed by atoms with Crippen LogP contribution in [-0.2, 0) is 0 Å². The molecule has 3 atom stereocenters.